The van der Waals surface area contributed by atoms with Gasteiger partial charge in [-0.05, 0) is 31.5 Å². The number of ether oxygens (including phenoxy) is 3. The topological polar surface area (TPSA) is 56.8 Å². The fourth-order valence-corrected chi connectivity index (χ4v) is 1.89. The number of carbonyl (C=O) groups excluding carboxylic acids is 1. The van der Waals surface area contributed by atoms with Crippen LogP contribution in [0.2, 0.25) is 0 Å². The van der Waals surface area contributed by atoms with Gasteiger partial charge in [0.15, 0.2) is 11.5 Å². The summed E-state index contributed by atoms with van der Waals surface area (Å²) in [6.07, 6.45) is 0. The van der Waals surface area contributed by atoms with Crippen LogP contribution in [-0.2, 0) is 9.53 Å². The van der Waals surface area contributed by atoms with Gasteiger partial charge in [-0.1, -0.05) is 6.07 Å². The largest absolute Gasteiger partial charge is 0.486 e. The van der Waals surface area contributed by atoms with Crippen molar-refractivity contribution in [3.63, 3.8) is 0 Å². The Morgan fingerprint density at radius 1 is 1.37 bits per heavy atom. The van der Waals surface area contributed by atoms with E-state index in [1.165, 1.54) is 0 Å². The molecule has 5 nitrogen and oxygen atoms in total. The van der Waals surface area contributed by atoms with E-state index in [0.717, 1.165) is 17.1 Å². The van der Waals surface area contributed by atoms with Gasteiger partial charge in [0.25, 0.3) is 0 Å². The van der Waals surface area contributed by atoms with Crippen molar-refractivity contribution in [3.05, 3.63) is 23.8 Å². The summed E-state index contributed by atoms with van der Waals surface area (Å²) >= 11 is 0. The van der Waals surface area contributed by atoms with Crippen molar-refractivity contribution in [2.45, 2.75) is 19.9 Å². The summed E-state index contributed by atoms with van der Waals surface area (Å²) in [6.45, 7) is 5.54. The lowest BCUT2D eigenvalue weighted by Gasteiger charge is -2.21. The maximum absolute atomic E-state index is 11.6. The third kappa shape index (κ3) is 3.61. The Hall–Kier alpha value is -1.75. The summed E-state index contributed by atoms with van der Waals surface area (Å²) in [5.74, 6) is 1.36. The normalized spacial score (nSPS) is 14.8. The molecule has 1 aliphatic heterocycles. The summed E-state index contributed by atoms with van der Waals surface area (Å²) in [5.41, 5.74) is 0.981. The molecule has 0 aromatic heterocycles. The quantitative estimate of drug-likeness (QED) is 0.880. The van der Waals surface area contributed by atoms with Crippen LogP contribution in [0.1, 0.15) is 25.5 Å². The van der Waals surface area contributed by atoms with Gasteiger partial charge in [-0.2, -0.15) is 0 Å². The van der Waals surface area contributed by atoms with Crippen LogP contribution >= 0.6 is 0 Å². The summed E-state index contributed by atoms with van der Waals surface area (Å²) in [4.78, 5) is 11.6. The fourth-order valence-electron chi connectivity index (χ4n) is 1.89. The third-order valence-corrected chi connectivity index (χ3v) is 2.88. The summed E-state index contributed by atoms with van der Waals surface area (Å²) in [6, 6.07) is 5.61. The van der Waals surface area contributed by atoms with Crippen molar-refractivity contribution in [2.24, 2.45) is 0 Å². The van der Waals surface area contributed by atoms with Crippen LogP contribution in [0, 0.1) is 0 Å². The maximum atomic E-state index is 11.6. The number of amides is 1. The van der Waals surface area contributed by atoms with E-state index in [1.807, 2.05) is 32.0 Å². The Morgan fingerprint density at radius 3 is 2.84 bits per heavy atom. The van der Waals surface area contributed by atoms with Crippen LogP contribution < -0.4 is 14.8 Å². The van der Waals surface area contributed by atoms with Crippen molar-refractivity contribution in [3.8, 4) is 11.5 Å². The Bertz CT molecular complexity index is 447. The third-order valence-electron chi connectivity index (χ3n) is 2.88. The Kier molecular flexibility index (Phi) is 4.63. The van der Waals surface area contributed by atoms with Crippen LogP contribution in [-0.4, -0.2) is 32.3 Å². The van der Waals surface area contributed by atoms with Gasteiger partial charge in [0.2, 0.25) is 5.91 Å². The van der Waals surface area contributed by atoms with Crippen molar-refractivity contribution in [1.29, 1.82) is 0 Å². The van der Waals surface area contributed by atoms with Crippen molar-refractivity contribution >= 4 is 5.91 Å². The van der Waals surface area contributed by atoms with E-state index < -0.39 is 0 Å². The first-order chi connectivity index (χ1) is 9.20. The highest BCUT2D eigenvalue weighted by atomic mass is 16.6. The van der Waals surface area contributed by atoms with Crippen LogP contribution in [0.3, 0.4) is 0 Å². The summed E-state index contributed by atoms with van der Waals surface area (Å²) in [5, 5.41) is 2.88. The lowest BCUT2D eigenvalue weighted by molar-refractivity contribution is -0.126. The van der Waals surface area contributed by atoms with Gasteiger partial charge in [-0.15, -0.1) is 0 Å². The first-order valence-corrected chi connectivity index (χ1v) is 6.47. The van der Waals surface area contributed by atoms with Crippen molar-refractivity contribution in [2.75, 3.05) is 26.4 Å². The molecular weight excluding hydrogens is 246 g/mol. The summed E-state index contributed by atoms with van der Waals surface area (Å²) < 4.78 is 16.0. The van der Waals surface area contributed by atoms with Gasteiger partial charge >= 0.3 is 0 Å². The molecule has 104 valence electrons. The van der Waals surface area contributed by atoms with E-state index in [1.54, 1.807) is 0 Å². The first-order valence-electron chi connectivity index (χ1n) is 6.47. The van der Waals surface area contributed by atoms with Gasteiger partial charge < -0.3 is 19.5 Å². The van der Waals surface area contributed by atoms with Gasteiger partial charge in [-0.25, -0.2) is 0 Å². The number of rotatable bonds is 5. The second kappa shape index (κ2) is 6.43. The molecule has 1 heterocycles. The number of nitrogens with one attached hydrogen (secondary N) is 1. The molecule has 1 atom stereocenters. The van der Waals surface area contributed by atoms with Crippen LogP contribution in [0.15, 0.2) is 18.2 Å². The van der Waals surface area contributed by atoms with Gasteiger partial charge in [0.1, 0.15) is 19.8 Å². The molecular formula is C14H19NO4. The molecule has 1 amide bonds. The smallest absolute Gasteiger partial charge is 0.246 e. The lowest BCUT2D eigenvalue weighted by atomic mass is 10.1. The Labute approximate surface area is 112 Å². The van der Waals surface area contributed by atoms with E-state index in [-0.39, 0.29) is 18.6 Å². The minimum Gasteiger partial charge on any atom is -0.486 e. The average Bonchev–Trinajstić information content (AvgIpc) is 2.44. The van der Waals surface area contributed by atoms with Gasteiger partial charge in [-0.3, -0.25) is 4.79 Å². The summed E-state index contributed by atoms with van der Waals surface area (Å²) in [7, 11) is 0. The van der Waals surface area contributed by atoms with Crippen molar-refractivity contribution in [1.82, 2.24) is 5.32 Å². The molecule has 0 radical (unpaired) electrons. The molecule has 1 aromatic carbocycles. The van der Waals surface area contributed by atoms with E-state index in [9.17, 15) is 4.79 Å². The number of fused-ring (bicyclic) bond motifs is 1. The van der Waals surface area contributed by atoms with Crippen LogP contribution in [0.25, 0.3) is 0 Å². The zero-order valence-corrected chi connectivity index (χ0v) is 11.3. The molecule has 1 aromatic rings. The predicted octanol–water partition coefficient (Wildman–Crippen LogP) is 1.67. The second-order valence-corrected chi connectivity index (χ2v) is 4.33. The standard InChI is InChI=1S/C14H19NO4/c1-3-17-9-14(16)15-10(2)11-4-5-12-13(8-11)19-7-6-18-12/h4-5,8,10H,3,6-7,9H2,1-2H3,(H,15,16). The Morgan fingerprint density at radius 2 is 2.11 bits per heavy atom. The zero-order chi connectivity index (χ0) is 13.7. The highest BCUT2D eigenvalue weighted by Gasteiger charge is 2.15. The predicted molar refractivity (Wildman–Crippen MR) is 70.5 cm³/mol. The Balaban J connectivity index is 1.99. The number of hydrogen-bond donors (Lipinski definition) is 1. The average molecular weight is 265 g/mol. The molecule has 5 heteroatoms. The molecule has 0 spiro atoms. The SMILES string of the molecule is CCOCC(=O)NC(C)c1ccc2c(c1)OCCO2. The highest BCUT2D eigenvalue weighted by Crippen LogP contribution is 2.32. The highest BCUT2D eigenvalue weighted by molar-refractivity contribution is 5.77. The molecule has 0 saturated carbocycles. The van der Waals surface area contributed by atoms with E-state index in [4.69, 9.17) is 14.2 Å². The van der Waals surface area contributed by atoms with Gasteiger partial charge in [0.05, 0.1) is 6.04 Å². The van der Waals surface area contributed by atoms with E-state index in [0.29, 0.717) is 19.8 Å². The fraction of sp³-hybridized carbons (Fsp3) is 0.500. The number of hydrogen-bond acceptors (Lipinski definition) is 4. The monoisotopic (exact) mass is 265 g/mol. The molecule has 0 bridgehead atoms. The minimum atomic E-state index is -0.121. The molecule has 0 aliphatic carbocycles. The molecule has 0 saturated heterocycles. The number of carbonyl (C=O) groups is 1. The zero-order valence-electron chi connectivity index (χ0n) is 11.3. The first kappa shape index (κ1) is 13.7. The van der Waals surface area contributed by atoms with Crippen molar-refractivity contribution < 1.29 is 19.0 Å². The number of benzene rings is 1. The lowest BCUT2D eigenvalue weighted by Crippen LogP contribution is -2.30. The molecule has 1 aliphatic rings. The second-order valence-electron chi connectivity index (χ2n) is 4.33. The maximum Gasteiger partial charge on any atom is 0.246 e. The molecule has 19 heavy (non-hydrogen) atoms. The van der Waals surface area contributed by atoms with E-state index in [2.05, 4.69) is 5.32 Å². The molecule has 1 unspecified atom stereocenters. The molecule has 2 rings (SSSR count). The molecule has 0 fully saturated rings. The molecule has 1 N–H and O–H groups in total. The van der Waals surface area contributed by atoms with Gasteiger partial charge in [0, 0.05) is 6.61 Å². The van der Waals surface area contributed by atoms with E-state index >= 15 is 0 Å². The van der Waals surface area contributed by atoms with Crippen LogP contribution in [0.5, 0.6) is 11.5 Å². The minimum absolute atomic E-state index is 0.0887. The van der Waals surface area contributed by atoms with Crippen LogP contribution in [0.4, 0.5) is 0 Å².